The molecule has 0 aliphatic carbocycles. The Morgan fingerprint density at radius 1 is 1.26 bits per heavy atom. The van der Waals surface area contributed by atoms with Crippen LogP contribution >= 0.6 is 0 Å². The van der Waals surface area contributed by atoms with Crippen molar-refractivity contribution < 1.29 is 17.7 Å². The van der Waals surface area contributed by atoms with Crippen molar-refractivity contribution >= 4 is 27.3 Å². The van der Waals surface area contributed by atoms with Crippen LogP contribution in [0.3, 0.4) is 0 Å². The number of aryl methyl sites for hydroxylation is 2. The molecule has 0 saturated heterocycles. The Balaban J connectivity index is 0.000000491. The molecule has 10 nitrogen and oxygen atoms in total. The highest BCUT2D eigenvalue weighted by molar-refractivity contribution is 7.88. The van der Waals surface area contributed by atoms with Crippen LogP contribution in [0.15, 0.2) is 53.3 Å². The zero-order valence-corrected chi connectivity index (χ0v) is 18.0. The predicted octanol–water partition coefficient (Wildman–Crippen LogP) is 2.41. The van der Waals surface area contributed by atoms with Crippen LogP contribution in [-0.2, 0) is 16.4 Å². The molecule has 0 fully saturated rings. The molecule has 0 radical (unpaired) electrons. The maximum Gasteiger partial charge on any atom is 0.274 e. The molecule has 0 aliphatic heterocycles. The summed E-state index contributed by atoms with van der Waals surface area (Å²) in [6.45, 7) is 3.88. The Morgan fingerprint density at radius 3 is 2.68 bits per heavy atom. The van der Waals surface area contributed by atoms with Gasteiger partial charge in [-0.2, -0.15) is 4.98 Å². The second-order valence-corrected chi connectivity index (χ2v) is 8.41. The molecule has 0 atom stereocenters. The third kappa shape index (κ3) is 5.74. The zero-order valence-electron chi connectivity index (χ0n) is 17.2. The first-order valence-corrected chi connectivity index (χ1v) is 11.3. The molecule has 1 aromatic carbocycles. The van der Waals surface area contributed by atoms with Crippen LogP contribution in [0.4, 0.5) is 5.69 Å². The van der Waals surface area contributed by atoms with Gasteiger partial charge in [0.1, 0.15) is 11.3 Å². The molecule has 0 aliphatic rings. The van der Waals surface area contributed by atoms with Gasteiger partial charge in [-0.15, -0.1) is 0 Å². The van der Waals surface area contributed by atoms with E-state index >= 15 is 0 Å². The van der Waals surface area contributed by atoms with E-state index in [9.17, 15) is 13.2 Å². The summed E-state index contributed by atoms with van der Waals surface area (Å²) in [4.78, 5) is 21.3. The van der Waals surface area contributed by atoms with E-state index in [1.54, 1.807) is 10.6 Å². The number of aromatic nitrogens is 4. The Morgan fingerprint density at radius 2 is 2.00 bits per heavy atom. The molecule has 3 aromatic heterocycles. The molecule has 1 amide bonds. The number of pyridine rings is 1. The number of anilines is 1. The molecule has 0 saturated carbocycles. The summed E-state index contributed by atoms with van der Waals surface area (Å²) in [7, 11) is -3.17. The van der Waals surface area contributed by atoms with Gasteiger partial charge in [0.2, 0.25) is 21.7 Å². The van der Waals surface area contributed by atoms with Crippen LogP contribution in [0.25, 0.3) is 17.0 Å². The monoisotopic (exact) mass is 442 g/mol. The van der Waals surface area contributed by atoms with Crippen LogP contribution in [-0.4, -0.2) is 40.1 Å². The lowest BCUT2D eigenvalue weighted by Gasteiger charge is -2.09. The minimum Gasteiger partial charge on any atom is -0.339 e. The normalized spacial score (nSPS) is 11.1. The fourth-order valence-electron chi connectivity index (χ4n) is 2.70. The predicted molar refractivity (Wildman–Crippen MR) is 116 cm³/mol. The first-order valence-electron chi connectivity index (χ1n) is 9.30. The maximum absolute atomic E-state index is 12.7. The van der Waals surface area contributed by atoms with Crippen molar-refractivity contribution in [3.05, 3.63) is 65.9 Å². The molecule has 3 heterocycles. The number of imidazole rings is 1. The van der Waals surface area contributed by atoms with Crippen molar-refractivity contribution in [2.24, 2.45) is 5.14 Å². The quantitative estimate of drug-likeness (QED) is 0.493. The fourth-order valence-corrected chi connectivity index (χ4v) is 2.70. The summed E-state index contributed by atoms with van der Waals surface area (Å²) in [6.07, 6.45) is 4.99. The van der Waals surface area contributed by atoms with Gasteiger partial charge in [-0.05, 0) is 30.7 Å². The van der Waals surface area contributed by atoms with Crippen LogP contribution in [0.5, 0.6) is 0 Å². The van der Waals surface area contributed by atoms with Crippen molar-refractivity contribution in [2.75, 3.05) is 11.6 Å². The molecular formula is C20H22N6O4S. The fraction of sp³-hybridized carbons (Fsp3) is 0.200. The minimum absolute atomic E-state index is 0.230. The summed E-state index contributed by atoms with van der Waals surface area (Å²) in [6, 6.07) is 11.3. The van der Waals surface area contributed by atoms with Gasteiger partial charge in [-0.25, -0.2) is 18.5 Å². The van der Waals surface area contributed by atoms with Gasteiger partial charge < -0.3 is 9.84 Å². The number of nitrogens with zero attached hydrogens (tertiary/aromatic N) is 4. The Kier molecular flexibility index (Phi) is 6.47. The van der Waals surface area contributed by atoms with E-state index in [-0.39, 0.29) is 5.91 Å². The Hall–Kier alpha value is -3.57. The van der Waals surface area contributed by atoms with Crippen molar-refractivity contribution in [3.63, 3.8) is 0 Å². The number of hydrogen-bond acceptors (Lipinski definition) is 7. The highest BCUT2D eigenvalue weighted by atomic mass is 32.2. The summed E-state index contributed by atoms with van der Waals surface area (Å²) >= 11 is 0. The zero-order chi connectivity index (χ0) is 22.6. The second-order valence-electron chi connectivity index (χ2n) is 6.75. The van der Waals surface area contributed by atoms with E-state index in [0.29, 0.717) is 29.5 Å². The van der Waals surface area contributed by atoms with Gasteiger partial charge in [0.05, 0.1) is 12.5 Å². The van der Waals surface area contributed by atoms with Crippen LogP contribution in [0.1, 0.15) is 28.9 Å². The summed E-state index contributed by atoms with van der Waals surface area (Å²) in [5.74, 6) is 0.857. The van der Waals surface area contributed by atoms with Gasteiger partial charge in [0, 0.05) is 23.9 Å². The number of hydrogen-bond donors (Lipinski definition) is 2. The average molecular weight is 443 g/mol. The maximum atomic E-state index is 12.7. The standard InChI is InChI=1S/C19H17N5O2.CH5NO2S/c1-3-17-22-18(23-26-17)13-8-7-12(2)14(10-13)21-19(25)15-11-20-16-6-4-5-9-24(15)16;1-5(2,3)4/h4-11H,3H2,1-2H3,(H,21,25);1H3,(H2,2,3,4). The van der Waals surface area contributed by atoms with E-state index in [1.165, 1.54) is 0 Å². The average Bonchev–Trinajstić information content (AvgIpc) is 3.35. The molecule has 3 N–H and O–H groups in total. The highest BCUT2D eigenvalue weighted by Gasteiger charge is 2.15. The molecule has 31 heavy (non-hydrogen) atoms. The topological polar surface area (TPSA) is 145 Å². The number of carbonyl (C=O) groups excluding carboxylic acids is 1. The SMILES string of the molecule is CCc1nc(-c2ccc(C)c(NC(=O)c3cnc4ccccn34)c2)no1.CS(N)(=O)=O. The number of benzene rings is 1. The van der Waals surface area contributed by atoms with E-state index in [0.717, 1.165) is 23.0 Å². The molecule has 0 bridgehead atoms. The smallest absolute Gasteiger partial charge is 0.274 e. The van der Waals surface area contributed by atoms with Gasteiger partial charge >= 0.3 is 0 Å². The van der Waals surface area contributed by atoms with E-state index < -0.39 is 10.0 Å². The van der Waals surface area contributed by atoms with Crippen molar-refractivity contribution in [2.45, 2.75) is 20.3 Å². The second kappa shape index (κ2) is 9.06. The summed E-state index contributed by atoms with van der Waals surface area (Å²) in [5.41, 5.74) is 3.61. The number of nitrogens with two attached hydrogens (primary N) is 1. The summed E-state index contributed by atoms with van der Waals surface area (Å²) in [5, 5.41) is 11.3. The van der Waals surface area contributed by atoms with Crippen LogP contribution in [0.2, 0.25) is 0 Å². The number of fused-ring (bicyclic) bond motifs is 1. The summed E-state index contributed by atoms with van der Waals surface area (Å²) < 4.78 is 25.7. The molecular weight excluding hydrogens is 420 g/mol. The van der Waals surface area contributed by atoms with Gasteiger partial charge in [-0.1, -0.05) is 30.3 Å². The molecule has 0 spiro atoms. The number of nitrogens with one attached hydrogen (secondary N) is 1. The van der Waals surface area contributed by atoms with Gasteiger partial charge in [0.15, 0.2) is 0 Å². The molecule has 4 aromatic rings. The number of carbonyl (C=O) groups is 1. The Bertz CT molecular complexity index is 1320. The number of sulfonamides is 1. The minimum atomic E-state index is -3.17. The van der Waals surface area contributed by atoms with Crippen LogP contribution < -0.4 is 10.5 Å². The lowest BCUT2D eigenvalue weighted by molar-refractivity contribution is 0.102. The number of primary sulfonamides is 1. The van der Waals surface area contributed by atoms with Crippen molar-refractivity contribution in [1.29, 1.82) is 0 Å². The van der Waals surface area contributed by atoms with E-state index in [1.807, 2.05) is 56.4 Å². The van der Waals surface area contributed by atoms with E-state index in [4.69, 9.17) is 4.52 Å². The number of amides is 1. The Labute approximate surface area is 179 Å². The van der Waals surface area contributed by atoms with E-state index in [2.05, 4.69) is 25.6 Å². The first-order chi connectivity index (χ1) is 14.7. The number of rotatable bonds is 4. The third-order valence-electron chi connectivity index (χ3n) is 4.16. The molecule has 162 valence electrons. The molecule has 4 rings (SSSR count). The lowest BCUT2D eigenvalue weighted by atomic mass is 10.1. The molecule has 0 unspecified atom stereocenters. The third-order valence-corrected chi connectivity index (χ3v) is 4.16. The van der Waals surface area contributed by atoms with Gasteiger partial charge in [-0.3, -0.25) is 9.20 Å². The van der Waals surface area contributed by atoms with Crippen molar-refractivity contribution in [1.82, 2.24) is 19.5 Å². The first kappa shape index (κ1) is 22.1. The largest absolute Gasteiger partial charge is 0.339 e. The van der Waals surface area contributed by atoms with Crippen molar-refractivity contribution in [3.8, 4) is 11.4 Å². The van der Waals surface area contributed by atoms with Gasteiger partial charge in [0.25, 0.3) is 5.91 Å². The van der Waals surface area contributed by atoms with Crippen LogP contribution in [0, 0.1) is 6.92 Å². The lowest BCUT2D eigenvalue weighted by Crippen LogP contribution is -2.15. The molecule has 11 heteroatoms. The highest BCUT2D eigenvalue weighted by Crippen LogP contribution is 2.24.